The number of aromatic nitrogens is 2. The molecule has 0 bridgehead atoms. The second-order valence-electron chi connectivity index (χ2n) is 10.3. The normalized spacial score (nSPS) is 11.6. The third-order valence-electron chi connectivity index (χ3n) is 7.35. The number of benzene rings is 4. The second-order valence-corrected chi connectivity index (χ2v) is 10.3. The number of nitrogens with zero attached hydrogens (tertiary/aromatic N) is 2. The van der Waals surface area contributed by atoms with Crippen molar-refractivity contribution < 1.29 is 53.3 Å². The van der Waals surface area contributed by atoms with Crippen molar-refractivity contribution in [2.24, 2.45) is 0 Å². The molecule has 8 heteroatoms. The minimum atomic E-state index is -1.24. The molecular weight excluding hydrogens is 563 g/mol. The number of carbonyl (C=O) groups is 1. The zero-order valence-corrected chi connectivity index (χ0v) is 26.8. The third-order valence-corrected chi connectivity index (χ3v) is 7.35. The monoisotopic (exact) mass is 594 g/mol. The van der Waals surface area contributed by atoms with Crippen molar-refractivity contribution in [2.45, 2.75) is 32.4 Å². The van der Waals surface area contributed by atoms with Crippen LogP contribution in [0.2, 0.25) is 0 Å². The van der Waals surface area contributed by atoms with Crippen LogP contribution in [0.5, 0.6) is 11.5 Å². The van der Waals surface area contributed by atoms with E-state index >= 15 is 0 Å². The zero-order chi connectivity index (χ0) is 29.6. The Kier molecular flexibility index (Phi) is 10.2. The number of hydrogen-bond acceptors (Lipinski definition) is 6. The van der Waals surface area contributed by atoms with Crippen LogP contribution < -0.4 is 44.1 Å². The molecule has 0 spiro atoms. The van der Waals surface area contributed by atoms with Crippen molar-refractivity contribution >= 4 is 17.1 Å². The molecule has 0 saturated carbocycles. The summed E-state index contributed by atoms with van der Waals surface area (Å²) in [6.45, 7) is 3.37. The molecule has 0 fully saturated rings. The first-order valence-electron chi connectivity index (χ1n) is 14.3. The van der Waals surface area contributed by atoms with Crippen molar-refractivity contribution in [1.82, 2.24) is 9.55 Å². The second kappa shape index (κ2) is 14.4. The summed E-state index contributed by atoms with van der Waals surface area (Å²) in [5.74, 6) is 0.515. The molecule has 0 aliphatic heterocycles. The van der Waals surface area contributed by atoms with Gasteiger partial charge in [-0.15, -0.1) is 0 Å². The van der Waals surface area contributed by atoms with Crippen LogP contribution in [0.1, 0.15) is 17.7 Å². The number of rotatable bonds is 12. The Morgan fingerprint density at radius 1 is 0.886 bits per heavy atom. The first-order chi connectivity index (χ1) is 21.0. The minimum absolute atomic E-state index is 0. The van der Waals surface area contributed by atoms with E-state index in [4.69, 9.17) is 13.9 Å². The summed E-state index contributed by atoms with van der Waals surface area (Å²) in [6.07, 6.45) is -0.0562. The Labute approximate surface area is 278 Å². The van der Waals surface area contributed by atoms with Crippen molar-refractivity contribution in [2.75, 3.05) is 6.61 Å². The molecule has 0 amide bonds. The van der Waals surface area contributed by atoms with Crippen LogP contribution >= 0.6 is 0 Å². The number of carbonyl (C=O) groups excluding carboxylic acids is 1. The van der Waals surface area contributed by atoms with E-state index in [1.54, 1.807) is 12.1 Å². The number of hydrogen-bond donors (Lipinski definition) is 0. The Balaban J connectivity index is 0.00000384. The smallest absolute Gasteiger partial charge is 0.546 e. The molecule has 2 heterocycles. The maximum atomic E-state index is 11.7. The van der Waals surface area contributed by atoms with Gasteiger partial charge in [0.2, 0.25) is 5.89 Å². The van der Waals surface area contributed by atoms with Gasteiger partial charge < -0.3 is 28.4 Å². The van der Waals surface area contributed by atoms with Gasteiger partial charge in [0.25, 0.3) is 0 Å². The maximum absolute atomic E-state index is 11.7. The summed E-state index contributed by atoms with van der Waals surface area (Å²) in [5, 5.41) is 11.7. The number of para-hydroxylation sites is 3. The van der Waals surface area contributed by atoms with Crippen LogP contribution in [0.25, 0.3) is 33.8 Å². The molecule has 0 saturated heterocycles. The standard InChI is InChI=1S/C36H32N2O5.Na/c1-25-16-21-31(27-17-19-28(20-18-27)42-34(36(39)40)24-26-10-3-2-4-11-26)38(25)22-9-23-41-32-14-7-5-12-29(32)35-37-30-13-6-8-15-33(30)43-35;/h2-8,10-21,34H,9,22-24H2,1H3,(H,39,40);/q;+1/p-1/t34-;/m1./s1. The number of ether oxygens (including phenoxy) is 2. The Morgan fingerprint density at radius 2 is 1.61 bits per heavy atom. The van der Waals surface area contributed by atoms with Gasteiger partial charge in [-0.1, -0.05) is 54.6 Å². The molecule has 4 aromatic carbocycles. The van der Waals surface area contributed by atoms with Crippen molar-refractivity contribution in [3.63, 3.8) is 0 Å². The van der Waals surface area contributed by atoms with Crippen LogP contribution in [0.4, 0.5) is 0 Å². The van der Waals surface area contributed by atoms with Crippen LogP contribution in [-0.2, 0) is 17.8 Å². The predicted molar refractivity (Wildman–Crippen MR) is 164 cm³/mol. The summed E-state index contributed by atoms with van der Waals surface area (Å²) in [4.78, 5) is 16.4. The summed E-state index contributed by atoms with van der Waals surface area (Å²) in [6, 6.07) is 36.6. The fraction of sp³-hybridized carbons (Fsp3) is 0.167. The molecule has 1 atom stereocenters. The Bertz CT molecular complexity index is 1800. The van der Waals surface area contributed by atoms with E-state index in [9.17, 15) is 9.90 Å². The van der Waals surface area contributed by atoms with Crippen molar-refractivity contribution in [3.8, 4) is 34.2 Å². The summed E-state index contributed by atoms with van der Waals surface area (Å²) in [7, 11) is 0. The van der Waals surface area contributed by atoms with Crippen molar-refractivity contribution in [1.29, 1.82) is 0 Å². The average molecular weight is 595 g/mol. The molecule has 44 heavy (non-hydrogen) atoms. The Hall–Kier alpha value is -4.30. The van der Waals surface area contributed by atoms with Crippen LogP contribution in [0.15, 0.2) is 120 Å². The van der Waals surface area contributed by atoms with E-state index in [1.165, 1.54) is 0 Å². The Morgan fingerprint density at radius 3 is 2.39 bits per heavy atom. The van der Waals surface area contributed by atoms with Gasteiger partial charge in [0.1, 0.15) is 23.1 Å². The van der Waals surface area contributed by atoms with E-state index in [2.05, 4.69) is 28.6 Å². The number of carboxylic acids is 1. The summed E-state index contributed by atoms with van der Waals surface area (Å²) >= 11 is 0. The molecule has 7 nitrogen and oxygen atoms in total. The average Bonchev–Trinajstić information content (AvgIpc) is 3.63. The van der Waals surface area contributed by atoms with Crippen LogP contribution in [0, 0.1) is 6.92 Å². The maximum Gasteiger partial charge on any atom is 1.00 e. The quantitative estimate of drug-likeness (QED) is 0.159. The number of oxazole rings is 1. The molecule has 0 aliphatic carbocycles. The van der Waals surface area contributed by atoms with Gasteiger partial charge in [-0.25, -0.2) is 4.98 Å². The zero-order valence-electron chi connectivity index (χ0n) is 24.8. The largest absolute Gasteiger partial charge is 1.00 e. The topological polar surface area (TPSA) is 89.5 Å². The van der Waals surface area contributed by atoms with Gasteiger partial charge in [0, 0.05) is 24.4 Å². The minimum Gasteiger partial charge on any atom is -0.546 e. The molecule has 216 valence electrons. The first-order valence-corrected chi connectivity index (χ1v) is 14.3. The van der Waals surface area contributed by atoms with Gasteiger partial charge in [-0.3, -0.25) is 0 Å². The number of aryl methyl sites for hydroxylation is 1. The molecule has 0 aliphatic rings. The third kappa shape index (κ3) is 7.25. The van der Waals surface area contributed by atoms with E-state index in [1.807, 2.05) is 91.0 Å². The molecule has 0 radical (unpaired) electrons. The fourth-order valence-corrected chi connectivity index (χ4v) is 5.15. The van der Waals surface area contributed by atoms with E-state index in [-0.39, 0.29) is 36.0 Å². The summed E-state index contributed by atoms with van der Waals surface area (Å²) in [5.41, 5.74) is 6.47. The van der Waals surface area contributed by atoms with E-state index < -0.39 is 12.1 Å². The predicted octanol–water partition coefficient (Wildman–Crippen LogP) is 3.48. The molecule has 0 unspecified atom stereocenters. The molecule has 6 rings (SSSR count). The van der Waals surface area contributed by atoms with Gasteiger partial charge in [0.15, 0.2) is 5.58 Å². The van der Waals surface area contributed by atoms with Crippen molar-refractivity contribution in [3.05, 3.63) is 127 Å². The SMILES string of the molecule is Cc1ccc(-c2ccc(O[C@H](Cc3ccccc3)C(=O)[O-])cc2)n1CCCOc1ccccc1-c1nc2ccccc2o1.[Na+]. The molecule has 0 N–H and O–H groups in total. The number of fused-ring (bicyclic) bond motifs is 1. The number of aliphatic carboxylic acids is 1. The molecule has 2 aromatic heterocycles. The first kappa shape index (κ1) is 31.1. The van der Waals surface area contributed by atoms with E-state index in [0.29, 0.717) is 18.2 Å². The molecule has 6 aromatic rings. The number of carboxylic acid groups (broad SMARTS) is 1. The van der Waals surface area contributed by atoms with Gasteiger partial charge in [-0.05, 0) is 85.1 Å². The van der Waals surface area contributed by atoms with Gasteiger partial charge in [0.05, 0.1) is 18.1 Å². The van der Waals surface area contributed by atoms with E-state index in [0.717, 1.165) is 57.9 Å². The van der Waals surface area contributed by atoms with Crippen LogP contribution in [-0.4, -0.2) is 28.2 Å². The fourth-order valence-electron chi connectivity index (χ4n) is 5.15. The summed E-state index contributed by atoms with van der Waals surface area (Å²) < 4.78 is 20.2. The van der Waals surface area contributed by atoms with Gasteiger partial charge in [-0.2, -0.15) is 0 Å². The van der Waals surface area contributed by atoms with Crippen LogP contribution in [0.3, 0.4) is 0 Å². The molecular formula is C36H31N2NaO5. The van der Waals surface area contributed by atoms with Gasteiger partial charge >= 0.3 is 29.6 Å².